The molecule has 14 nitrogen and oxygen atoms in total. The van der Waals surface area contributed by atoms with Crippen LogP contribution in [0.5, 0.6) is 0 Å². The molecule has 4 aliphatic rings. The maximum atomic E-state index is 14.5. The Bertz CT molecular complexity index is 1920. The molecule has 1 amide bonds. The standard InChI is InChI=1S/C53H81NO13/c1-11-38-25-32(3)23-33(4)26-44(63-8)48-45(64-9)28-35(6)53(62,67-48)49(58)50(59)54-22-13-12-17-40(54)51(60)66-47(36(7)42(56)30-43(38)57)34(5)27-37-18-20-52(61,46(29-37)65-10)21-19-41(55)39-16-14-15-31(2)24-39/h14-16,24-25,27,33,35-38,40-42,44-48,55-56,61-62H,11-13,17-23,26,28-30H2,1-10H3/b32-25-,34-27+/t33-,35+,36?,37-,38?,40-,41?,42?,44-,45-,46?,47+,48+,52?,53?/m0/s1. The van der Waals surface area contributed by atoms with Gasteiger partial charge in [0.1, 0.15) is 24.0 Å². The van der Waals surface area contributed by atoms with Crippen molar-refractivity contribution in [2.45, 2.75) is 192 Å². The Morgan fingerprint density at radius 2 is 1.66 bits per heavy atom. The van der Waals surface area contributed by atoms with Gasteiger partial charge < -0.3 is 49.0 Å². The second-order valence-corrected chi connectivity index (χ2v) is 20.6. The molecule has 3 heterocycles. The summed E-state index contributed by atoms with van der Waals surface area (Å²) in [6, 6.07) is 6.52. The maximum Gasteiger partial charge on any atom is 0.329 e. The summed E-state index contributed by atoms with van der Waals surface area (Å²) >= 11 is 0. The molecular formula is C53H81NO13. The van der Waals surface area contributed by atoms with Crippen LogP contribution in [0.3, 0.4) is 0 Å². The molecule has 15 atom stereocenters. The average molecular weight is 940 g/mol. The van der Waals surface area contributed by atoms with E-state index in [4.69, 9.17) is 23.7 Å². The lowest BCUT2D eigenvalue weighted by Gasteiger charge is -2.47. The summed E-state index contributed by atoms with van der Waals surface area (Å²) in [5.41, 5.74) is 2.25. The largest absolute Gasteiger partial charge is 0.456 e. The zero-order valence-corrected chi connectivity index (χ0v) is 41.8. The molecule has 67 heavy (non-hydrogen) atoms. The van der Waals surface area contributed by atoms with E-state index in [-0.39, 0.29) is 43.4 Å². The molecule has 2 saturated heterocycles. The predicted molar refractivity (Wildman–Crippen MR) is 252 cm³/mol. The summed E-state index contributed by atoms with van der Waals surface area (Å²) in [5, 5.41) is 46.9. The van der Waals surface area contributed by atoms with Crippen LogP contribution in [0, 0.1) is 36.5 Å². The topological polar surface area (TPSA) is 199 Å². The Labute approximate surface area is 398 Å². The smallest absolute Gasteiger partial charge is 0.329 e. The number of allylic oxidation sites excluding steroid dienone is 3. The molecular weight excluding hydrogens is 859 g/mol. The van der Waals surface area contributed by atoms with Gasteiger partial charge in [0, 0.05) is 52.0 Å². The molecule has 0 radical (unpaired) electrons. The molecule has 5 rings (SSSR count). The lowest BCUT2D eigenvalue weighted by Crippen LogP contribution is -2.64. The summed E-state index contributed by atoms with van der Waals surface area (Å²) in [6.45, 7) is 13.2. The minimum atomic E-state index is -2.53. The number of rotatable bonds is 10. The number of benzene rings is 1. The van der Waals surface area contributed by atoms with Crippen molar-refractivity contribution in [3.8, 4) is 0 Å². The number of piperidine rings is 1. The Morgan fingerprint density at radius 1 is 0.955 bits per heavy atom. The SMILES string of the molecule is CCC1/C=C(/C)C[C@H](C)C[C@H](OC)[C@H]2OC(O)(C(=O)C(=O)N3CCCC[C@H]3C(=O)O[C@H](/C(C)=C/[C@@H]3CCC(O)(CCC(O)c4cccc(C)c4)C(OC)C3)C(C)C(O)CC1=O)[C@H](C)C[C@@H]2OC. The molecule has 2 bridgehead atoms. The third kappa shape index (κ3) is 13.1. The Balaban J connectivity index is 1.46. The van der Waals surface area contributed by atoms with E-state index >= 15 is 0 Å². The number of carbonyl (C=O) groups is 4. The highest BCUT2D eigenvalue weighted by molar-refractivity contribution is 6.39. The van der Waals surface area contributed by atoms with E-state index in [1.165, 1.54) is 19.1 Å². The van der Waals surface area contributed by atoms with Crippen LogP contribution in [0.1, 0.15) is 142 Å². The first-order valence-corrected chi connectivity index (χ1v) is 24.8. The zero-order valence-electron chi connectivity index (χ0n) is 41.8. The number of nitrogens with zero attached hydrogens (tertiary/aromatic N) is 1. The number of aliphatic hydroxyl groups is 4. The summed E-state index contributed by atoms with van der Waals surface area (Å²) in [5.74, 6) is -7.86. The Hall–Kier alpha value is -3.34. The van der Waals surface area contributed by atoms with Crippen LogP contribution in [-0.4, -0.2) is 131 Å². The van der Waals surface area contributed by atoms with Crippen molar-refractivity contribution in [3.05, 3.63) is 58.7 Å². The van der Waals surface area contributed by atoms with Gasteiger partial charge in [0.2, 0.25) is 5.79 Å². The van der Waals surface area contributed by atoms with Crippen molar-refractivity contribution in [1.29, 1.82) is 0 Å². The van der Waals surface area contributed by atoms with Gasteiger partial charge in [-0.15, -0.1) is 0 Å². The van der Waals surface area contributed by atoms with Gasteiger partial charge in [-0.1, -0.05) is 75.2 Å². The summed E-state index contributed by atoms with van der Waals surface area (Å²) in [4.78, 5) is 58.5. The number of amides is 1. The minimum Gasteiger partial charge on any atom is -0.456 e. The maximum absolute atomic E-state index is 14.5. The summed E-state index contributed by atoms with van der Waals surface area (Å²) < 4.78 is 30.3. The van der Waals surface area contributed by atoms with Crippen molar-refractivity contribution < 1.29 is 63.3 Å². The molecule has 1 saturated carbocycles. The average Bonchev–Trinajstić information content (AvgIpc) is 3.31. The van der Waals surface area contributed by atoms with E-state index in [9.17, 15) is 39.6 Å². The molecule has 1 aromatic rings. The first kappa shape index (κ1) is 54.6. The highest BCUT2D eigenvalue weighted by atomic mass is 16.7. The van der Waals surface area contributed by atoms with Crippen molar-refractivity contribution in [3.63, 3.8) is 0 Å². The molecule has 0 aromatic heterocycles. The third-order valence-corrected chi connectivity index (χ3v) is 15.4. The van der Waals surface area contributed by atoms with Gasteiger partial charge in [-0.05, 0) is 121 Å². The number of hydrogen-bond acceptors (Lipinski definition) is 13. The van der Waals surface area contributed by atoms with E-state index in [0.717, 1.165) is 16.7 Å². The number of fused-ring (bicyclic) bond motifs is 3. The number of carbonyl (C=O) groups excluding carboxylic acids is 4. The number of cyclic esters (lactones) is 1. The van der Waals surface area contributed by atoms with Crippen LogP contribution in [-0.2, 0) is 42.9 Å². The fourth-order valence-corrected chi connectivity index (χ4v) is 11.2. The first-order chi connectivity index (χ1) is 31.7. The van der Waals surface area contributed by atoms with E-state index in [1.54, 1.807) is 21.0 Å². The summed E-state index contributed by atoms with van der Waals surface area (Å²) in [7, 11) is 4.62. The fraction of sp³-hybridized carbons (Fsp3) is 0.736. The van der Waals surface area contributed by atoms with Gasteiger partial charge in [0.15, 0.2) is 0 Å². The number of hydrogen-bond donors (Lipinski definition) is 4. The minimum absolute atomic E-state index is 0.0150. The highest BCUT2D eigenvalue weighted by Gasteiger charge is 2.57. The van der Waals surface area contributed by atoms with Crippen LogP contribution in [0.2, 0.25) is 0 Å². The van der Waals surface area contributed by atoms with E-state index in [2.05, 4.69) is 0 Å². The number of methoxy groups -OCH3 is 3. The van der Waals surface area contributed by atoms with Gasteiger partial charge in [0.25, 0.3) is 11.7 Å². The summed E-state index contributed by atoms with van der Waals surface area (Å²) in [6.07, 6.45) is 3.28. The Morgan fingerprint density at radius 3 is 2.31 bits per heavy atom. The monoisotopic (exact) mass is 940 g/mol. The fourth-order valence-electron chi connectivity index (χ4n) is 11.2. The van der Waals surface area contributed by atoms with Gasteiger partial charge in [0.05, 0.1) is 36.1 Å². The van der Waals surface area contributed by atoms with E-state index in [1.807, 2.05) is 71.0 Å². The number of esters is 1. The number of Topliss-reactive ketones (excluding diaryl/α,β-unsaturated/α-hetero) is 2. The van der Waals surface area contributed by atoms with Gasteiger partial charge >= 0.3 is 5.97 Å². The number of ketones is 2. The molecule has 3 aliphatic heterocycles. The van der Waals surface area contributed by atoms with Crippen molar-refractivity contribution in [2.75, 3.05) is 27.9 Å². The molecule has 7 unspecified atom stereocenters. The van der Waals surface area contributed by atoms with Crippen LogP contribution in [0.25, 0.3) is 0 Å². The Kier molecular flexibility index (Phi) is 19.5. The van der Waals surface area contributed by atoms with Gasteiger partial charge in [-0.2, -0.15) is 0 Å². The molecule has 376 valence electrons. The lowest BCUT2D eigenvalue weighted by atomic mass is 9.73. The quantitative estimate of drug-likeness (QED) is 0.110. The predicted octanol–water partition coefficient (Wildman–Crippen LogP) is 6.67. The molecule has 1 aliphatic carbocycles. The van der Waals surface area contributed by atoms with Crippen LogP contribution in [0.4, 0.5) is 0 Å². The van der Waals surface area contributed by atoms with E-state index < -0.39 is 95.6 Å². The first-order valence-electron chi connectivity index (χ1n) is 24.8. The van der Waals surface area contributed by atoms with Crippen molar-refractivity contribution in [2.24, 2.45) is 29.6 Å². The lowest BCUT2D eigenvalue weighted by molar-refractivity contribution is -0.302. The van der Waals surface area contributed by atoms with Crippen molar-refractivity contribution >= 4 is 23.4 Å². The molecule has 1 aromatic carbocycles. The highest BCUT2D eigenvalue weighted by Crippen LogP contribution is 2.42. The number of aryl methyl sites for hydroxylation is 1. The molecule has 14 heteroatoms. The van der Waals surface area contributed by atoms with Crippen LogP contribution < -0.4 is 0 Å². The molecule has 0 spiro atoms. The number of aliphatic hydroxyl groups excluding tert-OH is 2. The van der Waals surface area contributed by atoms with Crippen LogP contribution >= 0.6 is 0 Å². The third-order valence-electron chi connectivity index (χ3n) is 15.4. The second-order valence-electron chi connectivity index (χ2n) is 20.6. The van der Waals surface area contributed by atoms with Gasteiger partial charge in [-0.25, -0.2) is 4.79 Å². The molecule has 3 fully saturated rings. The zero-order chi connectivity index (χ0) is 49.4. The van der Waals surface area contributed by atoms with Crippen molar-refractivity contribution in [1.82, 2.24) is 4.90 Å². The second kappa shape index (κ2) is 24.0. The van der Waals surface area contributed by atoms with Crippen LogP contribution in [0.15, 0.2) is 47.6 Å². The van der Waals surface area contributed by atoms with Gasteiger partial charge in [-0.3, -0.25) is 14.4 Å². The van der Waals surface area contributed by atoms with E-state index in [0.29, 0.717) is 69.8 Å². The number of ether oxygens (including phenoxy) is 5. The normalized spacial score (nSPS) is 38.3. The molecule has 4 N–H and O–H groups in total.